The smallest absolute Gasteiger partial charge is 0.0703 e. The van der Waals surface area contributed by atoms with Crippen molar-refractivity contribution in [2.24, 2.45) is 0 Å². The fourth-order valence-electron chi connectivity index (χ4n) is 3.01. The Balaban J connectivity index is 1.79. The minimum atomic E-state index is 0.489. The monoisotopic (exact) mass is 288 g/mol. The molecule has 0 bridgehead atoms. The van der Waals surface area contributed by atoms with Crippen LogP contribution in [0.3, 0.4) is 0 Å². The van der Waals surface area contributed by atoms with Gasteiger partial charge in [-0.15, -0.1) is 0 Å². The van der Waals surface area contributed by atoms with Crippen LogP contribution in [0.5, 0.6) is 0 Å². The lowest BCUT2D eigenvalue weighted by molar-refractivity contribution is -0.0364. The Morgan fingerprint density at radius 1 is 0.688 bits per heavy atom. The van der Waals surface area contributed by atoms with Gasteiger partial charge in [0, 0.05) is 4.83 Å². The molecule has 0 amide bonds. The third kappa shape index (κ3) is 4.03. The minimum Gasteiger partial charge on any atom is -0.374 e. The van der Waals surface area contributed by atoms with Gasteiger partial charge in [-0.05, 0) is 25.7 Å². The summed E-state index contributed by atoms with van der Waals surface area (Å²) in [4.78, 5) is 0.606. The van der Waals surface area contributed by atoms with E-state index in [0.29, 0.717) is 17.0 Å². The average molecular weight is 289 g/mol. The molecule has 94 valence electrons. The Morgan fingerprint density at radius 2 is 1.25 bits per heavy atom. The maximum absolute atomic E-state index is 6.33. The molecule has 0 N–H and O–H groups in total. The third-order valence-electron chi connectivity index (χ3n) is 4.04. The predicted octanol–water partition coefficient (Wildman–Crippen LogP) is 4.82. The van der Waals surface area contributed by atoms with E-state index in [1.54, 1.807) is 0 Å². The van der Waals surface area contributed by atoms with Crippen LogP contribution < -0.4 is 0 Å². The van der Waals surface area contributed by atoms with Crippen LogP contribution in [-0.4, -0.2) is 17.0 Å². The summed E-state index contributed by atoms with van der Waals surface area (Å²) in [6.07, 6.45) is 16.0. The number of hydrogen-bond donors (Lipinski definition) is 0. The number of halogens is 1. The van der Waals surface area contributed by atoms with E-state index in [1.807, 2.05) is 0 Å². The summed E-state index contributed by atoms with van der Waals surface area (Å²) in [7, 11) is 0. The van der Waals surface area contributed by atoms with Gasteiger partial charge in [-0.25, -0.2) is 0 Å². The van der Waals surface area contributed by atoms with Crippen molar-refractivity contribution in [1.82, 2.24) is 0 Å². The zero-order valence-corrected chi connectivity index (χ0v) is 11.9. The van der Waals surface area contributed by atoms with Gasteiger partial charge in [-0.3, -0.25) is 0 Å². The summed E-state index contributed by atoms with van der Waals surface area (Å²) in [6.45, 7) is 0. The average Bonchev–Trinajstić information content (AvgIpc) is 2.30. The van der Waals surface area contributed by atoms with Crippen LogP contribution >= 0.6 is 15.9 Å². The molecule has 0 radical (unpaired) electrons. The first-order valence-corrected chi connectivity index (χ1v) is 8.07. The third-order valence-corrected chi connectivity index (χ3v) is 5.09. The predicted molar refractivity (Wildman–Crippen MR) is 72.2 cm³/mol. The molecule has 2 rings (SSSR count). The Bertz CT molecular complexity index is 189. The molecule has 16 heavy (non-hydrogen) atoms. The molecular weight excluding hydrogens is 264 g/mol. The molecule has 2 fully saturated rings. The maximum atomic E-state index is 6.33. The molecule has 2 saturated carbocycles. The van der Waals surface area contributed by atoms with Gasteiger partial charge >= 0.3 is 0 Å². The Morgan fingerprint density at radius 3 is 2.00 bits per heavy atom. The van der Waals surface area contributed by atoms with Crippen molar-refractivity contribution in [2.45, 2.75) is 87.7 Å². The zero-order valence-electron chi connectivity index (χ0n) is 10.3. The van der Waals surface area contributed by atoms with Gasteiger partial charge in [0.25, 0.3) is 0 Å². The highest BCUT2D eigenvalue weighted by molar-refractivity contribution is 9.09. The zero-order chi connectivity index (χ0) is 11.2. The summed E-state index contributed by atoms with van der Waals surface area (Å²) < 4.78 is 6.33. The maximum Gasteiger partial charge on any atom is 0.0703 e. The number of rotatable bonds is 2. The first-order valence-electron chi connectivity index (χ1n) is 7.16. The van der Waals surface area contributed by atoms with E-state index in [9.17, 15) is 0 Å². The molecule has 0 saturated heterocycles. The fourth-order valence-corrected chi connectivity index (χ4v) is 3.72. The van der Waals surface area contributed by atoms with E-state index >= 15 is 0 Å². The van der Waals surface area contributed by atoms with E-state index in [0.717, 1.165) is 0 Å². The van der Waals surface area contributed by atoms with Crippen molar-refractivity contribution >= 4 is 15.9 Å². The first kappa shape index (κ1) is 12.9. The Labute approximate surface area is 108 Å². The van der Waals surface area contributed by atoms with Gasteiger partial charge in [0.15, 0.2) is 0 Å². The Hall–Kier alpha value is 0.440. The molecule has 0 aromatic carbocycles. The summed E-state index contributed by atoms with van der Waals surface area (Å²) in [5, 5.41) is 0. The van der Waals surface area contributed by atoms with Gasteiger partial charge in [0.1, 0.15) is 0 Å². The second-order valence-corrected chi connectivity index (χ2v) is 6.62. The van der Waals surface area contributed by atoms with Crippen LogP contribution in [0, 0.1) is 0 Å². The first-order chi connectivity index (χ1) is 7.86. The van der Waals surface area contributed by atoms with E-state index in [2.05, 4.69) is 15.9 Å². The van der Waals surface area contributed by atoms with E-state index in [4.69, 9.17) is 4.74 Å². The molecule has 2 heteroatoms. The van der Waals surface area contributed by atoms with Crippen molar-refractivity contribution in [2.75, 3.05) is 0 Å². The topological polar surface area (TPSA) is 9.23 Å². The number of alkyl halides is 1. The minimum absolute atomic E-state index is 0.489. The molecule has 0 aromatic rings. The van der Waals surface area contributed by atoms with Crippen molar-refractivity contribution in [1.29, 1.82) is 0 Å². The van der Waals surface area contributed by atoms with Crippen LogP contribution in [0.15, 0.2) is 0 Å². The standard InChI is InChI=1S/C14H25BrO/c15-13-10-6-1-2-7-11-14(13)16-12-8-4-3-5-9-12/h12-14H,1-11H2. The molecule has 2 aliphatic rings. The van der Waals surface area contributed by atoms with Crippen LogP contribution in [0.2, 0.25) is 0 Å². The van der Waals surface area contributed by atoms with Crippen molar-refractivity contribution < 1.29 is 4.74 Å². The van der Waals surface area contributed by atoms with Gasteiger partial charge in [-0.1, -0.05) is 60.9 Å². The summed E-state index contributed by atoms with van der Waals surface area (Å²) in [6, 6.07) is 0. The summed E-state index contributed by atoms with van der Waals surface area (Å²) >= 11 is 3.84. The molecule has 2 aliphatic carbocycles. The second kappa shape index (κ2) is 7.00. The van der Waals surface area contributed by atoms with E-state index in [-0.39, 0.29) is 0 Å². The normalized spacial score (nSPS) is 34.3. The number of hydrogen-bond acceptors (Lipinski definition) is 1. The van der Waals surface area contributed by atoms with Crippen molar-refractivity contribution in [3.8, 4) is 0 Å². The van der Waals surface area contributed by atoms with Crippen molar-refractivity contribution in [3.05, 3.63) is 0 Å². The van der Waals surface area contributed by atoms with E-state index < -0.39 is 0 Å². The molecule has 0 spiro atoms. The van der Waals surface area contributed by atoms with Crippen LogP contribution in [0.25, 0.3) is 0 Å². The molecular formula is C14H25BrO. The summed E-state index contributed by atoms with van der Waals surface area (Å²) in [5.41, 5.74) is 0. The molecule has 0 heterocycles. The molecule has 0 aromatic heterocycles. The molecule has 1 nitrogen and oxygen atoms in total. The Kier molecular flexibility index (Phi) is 5.64. The fraction of sp³-hybridized carbons (Fsp3) is 1.00. The lowest BCUT2D eigenvalue weighted by atomic mass is 9.95. The largest absolute Gasteiger partial charge is 0.374 e. The van der Waals surface area contributed by atoms with Crippen molar-refractivity contribution in [3.63, 3.8) is 0 Å². The molecule has 0 aliphatic heterocycles. The molecule has 2 unspecified atom stereocenters. The lowest BCUT2D eigenvalue weighted by Gasteiger charge is -2.31. The van der Waals surface area contributed by atoms with Gasteiger partial charge in [0.2, 0.25) is 0 Å². The highest BCUT2D eigenvalue weighted by Gasteiger charge is 2.25. The number of ether oxygens (including phenoxy) is 1. The summed E-state index contributed by atoms with van der Waals surface area (Å²) in [5.74, 6) is 0. The second-order valence-electron chi connectivity index (χ2n) is 5.44. The molecule has 2 atom stereocenters. The highest BCUT2D eigenvalue weighted by atomic mass is 79.9. The lowest BCUT2D eigenvalue weighted by Crippen LogP contribution is -2.31. The van der Waals surface area contributed by atoms with E-state index in [1.165, 1.54) is 70.6 Å². The SMILES string of the molecule is BrC1CCCCCCC1OC1CCCCC1. The van der Waals surface area contributed by atoms with Crippen LogP contribution in [0.1, 0.15) is 70.6 Å². The van der Waals surface area contributed by atoms with Gasteiger partial charge in [0.05, 0.1) is 12.2 Å². The highest BCUT2D eigenvalue weighted by Crippen LogP contribution is 2.29. The van der Waals surface area contributed by atoms with Crippen LogP contribution in [0.4, 0.5) is 0 Å². The van der Waals surface area contributed by atoms with Crippen LogP contribution in [-0.2, 0) is 4.74 Å². The van der Waals surface area contributed by atoms with Gasteiger partial charge in [-0.2, -0.15) is 0 Å². The quantitative estimate of drug-likeness (QED) is 0.662. The van der Waals surface area contributed by atoms with Gasteiger partial charge < -0.3 is 4.74 Å².